The smallest absolute Gasteiger partial charge is 0.282 e. The average molecular weight is 398 g/mol. The second-order valence-electron chi connectivity index (χ2n) is 6.75. The molecule has 0 atom stereocenters. The van der Waals surface area contributed by atoms with Crippen LogP contribution in [-0.4, -0.2) is 24.5 Å². The monoisotopic (exact) mass is 398 g/mol. The minimum atomic E-state index is -4.04. The van der Waals surface area contributed by atoms with Gasteiger partial charge in [-0.1, -0.05) is 23.8 Å². The molecule has 1 heterocycles. The molecular formula is C20H22N4O3S. The van der Waals surface area contributed by atoms with E-state index in [1.54, 1.807) is 37.3 Å². The molecule has 2 aromatic carbocycles. The van der Waals surface area contributed by atoms with E-state index in [-0.39, 0.29) is 10.6 Å². The summed E-state index contributed by atoms with van der Waals surface area (Å²) in [6, 6.07) is 12.4. The number of H-pyrrole nitrogens is 1. The quantitative estimate of drug-likeness (QED) is 0.609. The number of rotatable bonds is 5. The minimum Gasteiger partial charge on any atom is -0.322 e. The van der Waals surface area contributed by atoms with Crippen molar-refractivity contribution < 1.29 is 13.2 Å². The molecule has 146 valence electrons. The molecule has 3 aromatic rings. The first-order valence-corrected chi connectivity index (χ1v) is 10.2. The Morgan fingerprint density at radius 2 is 1.57 bits per heavy atom. The molecule has 0 fully saturated rings. The summed E-state index contributed by atoms with van der Waals surface area (Å²) in [6.07, 6.45) is 0. The summed E-state index contributed by atoms with van der Waals surface area (Å²) in [4.78, 5) is 12.8. The van der Waals surface area contributed by atoms with Crippen LogP contribution in [0.15, 0.2) is 47.5 Å². The zero-order valence-electron chi connectivity index (χ0n) is 16.1. The van der Waals surface area contributed by atoms with E-state index in [1.165, 1.54) is 0 Å². The summed E-state index contributed by atoms with van der Waals surface area (Å²) in [7, 11) is -4.04. The number of sulfonamides is 1. The molecule has 0 aliphatic rings. The van der Waals surface area contributed by atoms with Gasteiger partial charge in [0.2, 0.25) is 5.03 Å². The summed E-state index contributed by atoms with van der Waals surface area (Å²) < 4.78 is 28.1. The molecule has 0 unspecified atom stereocenters. The maximum atomic E-state index is 12.8. The van der Waals surface area contributed by atoms with Crippen molar-refractivity contribution in [1.29, 1.82) is 0 Å². The third kappa shape index (κ3) is 4.07. The summed E-state index contributed by atoms with van der Waals surface area (Å²) in [5.74, 6) is -0.543. The van der Waals surface area contributed by atoms with Crippen LogP contribution >= 0.6 is 0 Å². The maximum Gasteiger partial charge on any atom is 0.282 e. The van der Waals surface area contributed by atoms with Gasteiger partial charge in [0.1, 0.15) is 5.56 Å². The molecular weight excluding hydrogens is 376 g/mol. The van der Waals surface area contributed by atoms with E-state index in [1.807, 2.05) is 32.9 Å². The van der Waals surface area contributed by atoms with E-state index in [0.29, 0.717) is 17.1 Å². The van der Waals surface area contributed by atoms with Crippen LogP contribution in [0.5, 0.6) is 0 Å². The predicted molar refractivity (Wildman–Crippen MR) is 109 cm³/mol. The van der Waals surface area contributed by atoms with Crippen LogP contribution in [0.4, 0.5) is 11.4 Å². The molecule has 0 saturated heterocycles. The molecule has 0 radical (unpaired) electrons. The van der Waals surface area contributed by atoms with Gasteiger partial charge in [-0.3, -0.25) is 14.6 Å². The molecule has 28 heavy (non-hydrogen) atoms. The van der Waals surface area contributed by atoms with Crippen LogP contribution < -0.4 is 10.0 Å². The zero-order valence-corrected chi connectivity index (χ0v) is 16.9. The summed E-state index contributed by atoms with van der Waals surface area (Å²) in [5, 5.41) is 8.86. The molecule has 1 aromatic heterocycles. The molecule has 3 rings (SSSR count). The van der Waals surface area contributed by atoms with Gasteiger partial charge in [0.25, 0.3) is 15.9 Å². The summed E-state index contributed by atoms with van der Waals surface area (Å²) in [5.41, 5.74) is 4.46. The average Bonchev–Trinajstić information content (AvgIpc) is 3.03. The van der Waals surface area contributed by atoms with Crippen molar-refractivity contribution in [2.24, 2.45) is 0 Å². The minimum absolute atomic E-state index is 0.0159. The van der Waals surface area contributed by atoms with Crippen molar-refractivity contribution in [2.45, 2.75) is 32.7 Å². The van der Waals surface area contributed by atoms with Crippen molar-refractivity contribution >= 4 is 27.3 Å². The molecule has 3 N–H and O–H groups in total. The van der Waals surface area contributed by atoms with Crippen LogP contribution in [0.25, 0.3) is 0 Å². The lowest BCUT2D eigenvalue weighted by Crippen LogP contribution is -2.20. The zero-order chi connectivity index (χ0) is 20.5. The molecule has 0 aliphatic heterocycles. The summed E-state index contributed by atoms with van der Waals surface area (Å²) >= 11 is 0. The highest BCUT2D eigenvalue weighted by Gasteiger charge is 2.28. The number of anilines is 2. The van der Waals surface area contributed by atoms with Crippen molar-refractivity contribution in [2.75, 3.05) is 10.0 Å². The van der Waals surface area contributed by atoms with Gasteiger partial charge in [-0.25, -0.2) is 0 Å². The number of aromatic nitrogens is 2. The number of carbonyl (C=O) groups is 1. The first-order valence-electron chi connectivity index (χ1n) is 8.70. The van der Waals surface area contributed by atoms with Gasteiger partial charge in [0.05, 0.1) is 0 Å². The van der Waals surface area contributed by atoms with Gasteiger partial charge >= 0.3 is 0 Å². The van der Waals surface area contributed by atoms with Gasteiger partial charge in [-0.2, -0.15) is 13.5 Å². The highest BCUT2D eigenvalue weighted by atomic mass is 32.2. The van der Waals surface area contributed by atoms with Crippen molar-refractivity contribution in [1.82, 2.24) is 10.2 Å². The molecule has 1 amide bonds. The second kappa shape index (κ2) is 7.47. The Bertz CT molecular complexity index is 1130. The van der Waals surface area contributed by atoms with E-state index in [2.05, 4.69) is 20.2 Å². The second-order valence-corrected chi connectivity index (χ2v) is 8.35. The number of hydrogen-bond donors (Lipinski definition) is 3. The van der Waals surface area contributed by atoms with Crippen molar-refractivity contribution in [3.8, 4) is 0 Å². The molecule has 8 heteroatoms. The highest BCUT2D eigenvalue weighted by Crippen LogP contribution is 2.22. The molecule has 0 bridgehead atoms. The number of carbonyl (C=O) groups excluding carboxylic acids is 1. The molecule has 0 spiro atoms. The first kappa shape index (κ1) is 19.6. The lowest BCUT2D eigenvalue weighted by atomic mass is 10.1. The number of benzene rings is 2. The fourth-order valence-corrected chi connectivity index (χ4v) is 3.93. The lowest BCUT2D eigenvalue weighted by molar-refractivity contribution is 0.102. The van der Waals surface area contributed by atoms with Crippen LogP contribution in [-0.2, 0) is 10.0 Å². The summed E-state index contributed by atoms with van der Waals surface area (Å²) in [6.45, 7) is 7.43. The predicted octanol–water partition coefficient (Wildman–Crippen LogP) is 3.70. The Labute approximate surface area is 164 Å². The lowest BCUT2D eigenvalue weighted by Gasteiger charge is -2.10. The van der Waals surface area contributed by atoms with E-state index in [4.69, 9.17) is 0 Å². The van der Waals surface area contributed by atoms with Gasteiger partial charge in [-0.15, -0.1) is 0 Å². The van der Waals surface area contributed by atoms with Crippen LogP contribution in [0.1, 0.15) is 32.7 Å². The largest absolute Gasteiger partial charge is 0.322 e. The number of hydrogen-bond acceptors (Lipinski definition) is 4. The van der Waals surface area contributed by atoms with Crippen LogP contribution in [0.3, 0.4) is 0 Å². The van der Waals surface area contributed by atoms with Crippen LogP contribution in [0.2, 0.25) is 0 Å². The maximum absolute atomic E-state index is 12.8. The Kier molecular flexibility index (Phi) is 5.24. The van der Waals surface area contributed by atoms with Gasteiger partial charge in [0, 0.05) is 17.1 Å². The normalized spacial score (nSPS) is 11.3. The number of nitrogens with one attached hydrogen (secondary N) is 3. The third-order valence-electron chi connectivity index (χ3n) is 4.46. The molecule has 0 aliphatic carbocycles. The van der Waals surface area contributed by atoms with E-state index in [0.717, 1.165) is 16.7 Å². The van der Waals surface area contributed by atoms with Crippen LogP contribution in [0, 0.1) is 27.7 Å². The fourth-order valence-electron chi connectivity index (χ4n) is 2.71. The third-order valence-corrected chi connectivity index (χ3v) is 5.77. The van der Waals surface area contributed by atoms with E-state index >= 15 is 0 Å². The van der Waals surface area contributed by atoms with Crippen molar-refractivity contribution in [3.05, 3.63) is 70.4 Å². The number of aromatic amines is 1. The first-order chi connectivity index (χ1) is 13.2. The van der Waals surface area contributed by atoms with Crippen molar-refractivity contribution in [3.63, 3.8) is 0 Å². The van der Waals surface area contributed by atoms with Gasteiger partial charge in [-0.05, 0) is 63.1 Å². The van der Waals surface area contributed by atoms with E-state index in [9.17, 15) is 13.2 Å². The van der Waals surface area contributed by atoms with E-state index < -0.39 is 15.9 Å². The Hall–Kier alpha value is -3.13. The van der Waals surface area contributed by atoms with Gasteiger partial charge < -0.3 is 5.32 Å². The molecule has 7 nitrogen and oxygen atoms in total. The molecule has 0 saturated carbocycles. The number of nitrogens with zero attached hydrogens (tertiary/aromatic N) is 1. The standard InChI is InChI=1S/C20H22N4O3S/c1-12-5-8-16(9-6-12)24-28(26,27)20-18(15(4)22-23-20)19(25)21-17-10-7-13(2)14(3)11-17/h5-11,24H,1-4H3,(H,21,25)(H,22,23). The SMILES string of the molecule is Cc1ccc(NS(=O)(=O)c2n[nH]c(C)c2C(=O)Nc2ccc(C)c(C)c2)cc1. The van der Waals surface area contributed by atoms with Gasteiger partial charge in [0.15, 0.2) is 0 Å². The Balaban J connectivity index is 1.90. The fraction of sp³-hybridized carbons (Fsp3) is 0.200. The number of aryl methyl sites for hydroxylation is 4. The Morgan fingerprint density at radius 3 is 2.21 bits per heavy atom. The highest BCUT2D eigenvalue weighted by molar-refractivity contribution is 7.92. The number of amides is 1. The Morgan fingerprint density at radius 1 is 0.929 bits per heavy atom. The topological polar surface area (TPSA) is 104 Å².